The van der Waals surface area contributed by atoms with Gasteiger partial charge in [0.1, 0.15) is 17.5 Å². The molecular weight excluding hydrogens is 337 g/mol. The largest absolute Gasteiger partial charge is 0.324 e. The van der Waals surface area contributed by atoms with Crippen molar-refractivity contribution < 1.29 is 27.6 Å². The van der Waals surface area contributed by atoms with Gasteiger partial charge in [0.15, 0.2) is 0 Å². The molecule has 0 aliphatic carbocycles. The van der Waals surface area contributed by atoms with Gasteiger partial charge in [0.05, 0.1) is 16.8 Å². The van der Waals surface area contributed by atoms with Gasteiger partial charge in [0.2, 0.25) is 5.91 Å². The number of nitrogens with one attached hydrogen (secondary N) is 1. The summed E-state index contributed by atoms with van der Waals surface area (Å²) in [4.78, 5) is 36.9. The molecule has 1 N–H and O–H groups in total. The van der Waals surface area contributed by atoms with Gasteiger partial charge >= 0.3 is 0 Å². The van der Waals surface area contributed by atoms with Crippen LogP contribution in [0.2, 0.25) is 0 Å². The molecule has 8 heteroatoms. The first-order valence-electron chi connectivity index (χ1n) is 7.28. The summed E-state index contributed by atoms with van der Waals surface area (Å²) in [6.45, 7) is -0.291. The van der Waals surface area contributed by atoms with Gasteiger partial charge in [-0.1, -0.05) is 6.07 Å². The molecule has 0 atom stereocenters. The van der Waals surface area contributed by atoms with Crippen molar-refractivity contribution in [2.45, 2.75) is 6.42 Å². The van der Waals surface area contributed by atoms with Crippen LogP contribution in [0.4, 0.5) is 18.9 Å². The topological polar surface area (TPSA) is 66.5 Å². The number of amides is 3. The Bertz CT molecular complexity index is 899. The molecule has 1 aliphatic rings. The Balaban J connectivity index is 1.66. The SMILES string of the molecule is O=C(CCN1C(=O)c2cccc(F)c2C1=O)Nc1ccc(F)cc1F. The molecule has 0 spiro atoms. The van der Waals surface area contributed by atoms with Crippen LogP contribution in [-0.2, 0) is 4.79 Å². The van der Waals surface area contributed by atoms with Crippen LogP contribution in [0.3, 0.4) is 0 Å². The van der Waals surface area contributed by atoms with Crippen LogP contribution >= 0.6 is 0 Å². The molecule has 0 unspecified atom stereocenters. The summed E-state index contributed by atoms with van der Waals surface area (Å²) in [6.07, 6.45) is -0.316. The number of halogens is 3. The summed E-state index contributed by atoms with van der Waals surface area (Å²) in [5.41, 5.74) is -0.604. The molecule has 0 saturated carbocycles. The van der Waals surface area contributed by atoms with Gasteiger partial charge in [-0.25, -0.2) is 13.2 Å². The molecular formula is C17H11F3N2O3. The van der Waals surface area contributed by atoms with Crippen LogP contribution in [0.15, 0.2) is 36.4 Å². The maximum Gasteiger partial charge on any atom is 0.264 e. The number of anilines is 1. The van der Waals surface area contributed by atoms with Crippen molar-refractivity contribution in [1.29, 1.82) is 0 Å². The van der Waals surface area contributed by atoms with Gasteiger partial charge < -0.3 is 5.32 Å². The number of nitrogens with zero attached hydrogens (tertiary/aromatic N) is 1. The van der Waals surface area contributed by atoms with Crippen molar-refractivity contribution in [1.82, 2.24) is 4.90 Å². The first-order valence-corrected chi connectivity index (χ1v) is 7.28. The quantitative estimate of drug-likeness (QED) is 0.864. The van der Waals surface area contributed by atoms with E-state index in [1.54, 1.807) is 0 Å². The van der Waals surface area contributed by atoms with Gasteiger partial charge in [-0.2, -0.15) is 0 Å². The van der Waals surface area contributed by atoms with E-state index < -0.39 is 35.2 Å². The summed E-state index contributed by atoms with van der Waals surface area (Å²) < 4.78 is 40.0. The van der Waals surface area contributed by atoms with Crippen LogP contribution in [0.25, 0.3) is 0 Å². The van der Waals surface area contributed by atoms with Crippen LogP contribution in [0.1, 0.15) is 27.1 Å². The zero-order chi connectivity index (χ0) is 18.1. The highest BCUT2D eigenvalue weighted by Crippen LogP contribution is 2.25. The number of hydrogen-bond acceptors (Lipinski definition) is 3. The van der Waals surface area contributed by atoms with E-state index in [1.165, 1.54) is 12.1 Å². The van der Waals surface area contributed by atoms with Crippen molar-refractivity contribution in [3.8, 4) is 0 Å². The summed E-state index contributed by atoms with van der Waals surface area (Å²) in [5.74, 6) is -4.74. The van der Waals surface area contributed by atoms with Crippen LogP contribution in [-0.4, -0.2) is 29.2 Å². The molecule has 5 nitrogen and oxygen atoms in total. The average molecular weight is 348 g/mol. The second-order valence-corrected chi connectivity index (χ2v) is 5.35. The van der Waals surface area contributed by atoms with Crippen LogP contribution in [0, 0.1) is 17.5 Å². The number of rotatable bonds is 4. The maximum atomic E-state index is 13.7. The predicted octanol–water partition coefficient (Wildman–Crippen LogP) is 2.73. The van der Waals surface area contributed by atoms with Gasteiger partial charge in [-0.05, 0) is 24.3 Å². The van der Waals surface area contributed by atoms with Gasteiger partial charge in [0, 0.05) is 19.0 Å². The second kappa shape index (κ2) is 6.39. The molecule has 2 aromatic carbocycles. The highest BCUT2D eigenvalue weighted by Gasteiger charge is 2.37. The molecule has 0 saturated heterocycles. The summed E-state index contributed by atoms with van der Waals surface area (Å²) in [5, 5.41) is 2.22. The second-order valence-electron chi connectivity index (χ2n) is 5.35. The Kier molecular flexibility index (Phi) is 4.26. The Hall–Kier alpha value is -3.16. The Labute approximate surface area is 140 Å². The van der Waals surface area contributed by atoms with E-state index in [-0.39, 0.29) is 29.8 Å². The Morgan fingerprint density at radius 1 is 1.00 bits per heavy atom. The van der Waals surface area contributed by atoms with E-state index in [0.29, 0.717) is 6.07 Å². The van der Waals surface area contributed by atoms with Crippen molar-refractivity contribution in [3.05, 3.63) is 65.0 Å². The third kappa shape index (κ3) is 3.10. The van der Waals surface area contributed by atoms with Crippen molar-refractivity contribution in [2.75, 3.05) is 11.9 Å². The Morgan fingerprint density at radius 3 is 2.44 bits per heavy atom. The third-order valence-electron chi connectivity index (χ3n) is 3.72. The first kappa shape index (κ1) is 16.7. The minimum Gasteiger partial charge on any atom is -0.324 e. The van der Waals surface area contributed by atoms with Crippen molar-refractivity contribution in [3.63, 3.8) is 0 Å². The number of carbonyl (C=O) groups excluding carboxylic acids is 3. The number of fused-ring (bicyclic) bond motifs is 1. The molecule has 2 aromatic rings. The van der Waals surface area contributed by atoms with E-state index in [0.717, 1.165) is 23.1 Å². The van der Waals surface area contributed by atoms with Crippen LogP contribution < -0.4 is 5.32 Å². The van der Waals surface area contributed by atoms with Crippen molar-refractivity contribution in [2.24, 2.45) is 0 Å². The van der Waals surface area contributed by atoms with Gasteiger partial charge in [0.25, 0.3) is 11.8 Å². The molecule has 128 valence electrons. The molecule has 3 amide bonds. The zero-order valence-electron chi connectivity index (χ0n) is 12.7. The van der Waals surface area contributed by atoms with E-state index >= 15 is 0 Å². The van der Waals surface area contributed by atoms with Gasteiger partial charge in [-0.15, -0.1) is 0 Å². The maximum absolute atomic E-state index is 13.7. The number of carbonyl (C=O) groups is 3. The zero-order valence-corrected chi connectivity index (χ0v) is 12.7. The fourth-order valence-corrected chi connectivity index (χ4v) is 2.51. The molecule has 1 heterocycles. The normalized spacial score (nSPS) is 13.2. The highest BCUT2D eigenvalue weighted by atomic mass is 19.1. The highest BCUT2D eigenvalue weighted by molar-refractivity contribution is 6.21. The number of benzene rings is 2. The third-order valence-corrected chi connectivity index (χ3v) is 3.72. The van der Waals surface area contributed by atoms with Gasteiger partial charge in [-0.3, -0.25) is 19.3 Å². The summed E-state index contributed by atoms with van der Waals surface area (Å²) in [6, 6.07) is 6.35. The van der Waals surface area contributed by atoms with E-state index in [2.05, 4.69) is 5.32 Å². The fourth-order valence-electron chi connectivity index (χ4n) is 2.51. The average Bonchev–Trinajstić information content (AvgIpc) is 2.80. The first-order chi connectivity index (χ1) is 11.9. The Morgan fingerprint density at radius 2 is 1.76 bits per heavy atom. The van der Waals surface area contributed by atoms with E-state index in [1.807, 2.05) is 0 Å². The number of hydrogen-bond donors (Lipinski definition) is 1. The molecule has 0 aromatic heterocycles. The summed E-state index contributed by atoms with van der Waals surface area (Å²) in [7, 11) is 0. The lowest BCUT2D eigenvalue weighted by Gasteiger charge is -2.13. The molecule has 0 bridgehead atoms. The smallest absolute Gasteiger partial charge is 0.264 e. The minimum absolute atomic E-state index is 0.0602. The molecule has 0 fully saturated rings. The van der Waals surface area contributed by atoms with E-state index in [4.69, 9.17) is 0 Å². The predicted molar refractivity (Wildman–Crippen MR) is 81.4 cm³/mol. The number of imide groups is 1. The molecule has 1 aliphatic heterocycles. The summed E-state index contributed by atoms with van der Waals surface area (Å²) >= 11 is 0. The molecule has 3 rings (SSSR count). The molecule has 0 radical (unpaired) electrons. The lowest BCUT2D eigenvalue weighted by molar-refractivity contribution is -0.116. The fraction of sp³-hybridized carbons (Fsp3) is 0.118. The standard InChI is InChI=1S/C17H11F3N2O3/c18-9-4-5-13(12(20)8-9)21-14(23)6-7-22-16(24)10-2-1-3-11(19)15(10)17(22)25/h1-5,8H,6-7H2,(H,21,23). The lowest BCUT2D eigenvalue weighted by Crippen LogP contribution is -2.33. The minimum atomic E-state index is -0.948. The molecule has 25 heavy (non-hydrogen) atoms. The monoisotopic (exact) mass is 348 g/mol. The lowest BCUT2D eigenvalue weighted by atomic mass is 10.1. The van der Waals surface area contributed by atoms with Crippen molar-refractivity contribution >= 4 is 23.4 Å². The van der Waals surface area contributed by atoms with E-state index in [9.17, 15) is 27.6 Å². The van der Waals surface area contributed by atoms with Crippen LogP contribution in [0.5, 0.6) is 0 Å².